The molecule has 73 heavy (non-hydrogen) atoms. The Hall–Kier alpha value is -6.33. The van der Waals surface area contributed by atoms with Crippen molar-refractivity contribution in [3.63, 3.8) is 0 Å². The van der Waals surface area contributed by atoms with Gasteiger partial charge in [-0.2, -0.15) is 0 Å². The molecule has 18 heteroatoms. The zero-order valence-electron chi connectivity index (χ0n) is 42.3. The molecule has 388 valence electrons. The minimum Gasteiger partial charge on any atom is -0.457 e. The molecule has 0 aliphatic carbocycles. The average molecular weight is 1040 g/mol. The number of ether oxygens (including phenoxy) is 2. The van der Waals surface area contributed by atoms with Gasteiger partial charge in [0.15, 0.2) is 0 Å². The van der Waals surface area contributed by atoms with Gasteiger partial charge >= 0.3 is 0 Å². The van der Waals surface area contributed by atoms with Gasteiger partial charge < -0.3 is 39.4 Å². The number of likely N-dealkylation sites (tertiary alicyclic amines) is 1. The highest BCUT2D eigenvalue weighted by Gasteiger charge is 2.36. The molecule has 2 aliphatic heterocycles. The molecule has 2 saturated heterocycles. The zero-order chi connectivity index (χ0) is 52.3. The van der Waals surface area contributed by atoms with Gasteiger partial charge in [-0.15, -0.1) is 0 Å². The van der Waals surface area contributed by atoms with Gasteiger partial charge in [-0.3, -0.25) is 28.9 Å². The molecule has 4 aromatic carbocycles. The summed E-state index contributed by atoms with van der Waals surface area (Å²) in [5.74, 6) is -2.32. The van der Waals surface area contributed by atoms with E-state index < -0.39 is 59.5 Å². The third-order valence-corrected chi connectivity index (χ3v) is 14.4. The predicted octanol–water partition coefficient (Wildman–Crippen LogP) is 7.45. The van der Waals surface area contributed by atoms with Crippen LogP contribution >= 0.6 is 23.2 Å². The first-order valence-corrected chi connectivity index (χ1v) is 25.4. The lowest BCUT2D eigenvalue weighted by Gasteiger charge is -2.35. The minimum absolute atomic E-state index is 0.00677. The van der Waals surface area contributed by atoms with Crippen LogP contribution in [0.3, 0.4) is 0 Å². The maximum absolute atomic E-state index is 15.1. The van der Waals surface area contributed by atoms with E-state index in [0.29, 0.717) is 32.7 Å². The van der Waals surface area contributed by atoms with Gasteiger partial charge in [0.1, 0.15) is 35.2 Å². The Labute approximate surface area is 436 Å². The largest absolute Gasteiger partial charge is 0.457 e. The number of likely N-dealkylation sites (N-methyl/N-ethyl adjacent to an activating group) is 2. The highest BCUT2D eigenvalue weighted by Crippen LogP contribution is 2.33. The van der Waals surface area contributed by atoms with E-state index in [1.54, 1.807) is 64.3 Å². The van der Waals surface area contributed by atoms with Crippen molar-refractivity contribution in [2.24, 2.45) is 13.0 Å². The summed E-state index contributed by atoms with van der Waals surface area (Å²) in [6.45, 7) is 5.88. The predicted molar refractivity (Wildman–Crippen MR) is 278 cm³/mol. The van der Waals surface area contributed by atoms with Crippen LogP contribution in [0, 0.1) is 11.7 Å². The van der Waals surface area contributed by atoms with Crippen molar-refractivity contribution in [2.75, 3.05) is 47.4 Å². The Bertz CT molecular complexity index is 2730. The number of benzene rings is 4. The van der Waals surface area contributed by atoms with Gasteiger partial charge in [-0.05, 0) is 124 Å². The standard InChI is InChI=1S/C55H65Cl2FN8O7/c1-35-30-60-51(67)29-45(26-37-12-17-42(56)18-13-37)63(4)55(71)47(34-72-6)61-53(69)36(2)66(52(68)27-41(54(70)62(35)3)24-38-10-9-11-44(58)25-38)32-40-14-19-43(57)28-49(40)73-46-20-15-39(16-21-46)48-31-59-50(64(48)5)33-65-22-7-8-23-65/h9-21,25,28,31,35-36,41,45,47H,7-8,22-24,26-27,29-30,32-34H2,1-6H3,(H,60,67)(H,61,69)/t35-,36-,41+,45-,47-/m0/s1. The van der Waals surface area contributed by atoms with Crippen LogP contribution in [0.5, 0.6) is 11.5 Å². The first-order chi connectivity index (χ1) is 35.0. The smallest absolute Gasteiger partial charge is 0.247 e. The molecule has 2 N–H and O–H groups in total. The summed E-state index contributed by atoms with van der Waals surface area (Å²) in [6, 6.07) is 21.8. The Morgan fingerprint density at radius 3 is 2.19 bits per heavy atom. The lowest BCUT2D eigenvalue weighted by molar-refractivity contribution is -0.147. The maximum atomic E-state index is 15.1. The summed E-state index contributed by atoms with van der Waals surface area (Å²) < 4.78 is 28.7. The summed E-state index contributed by atoms with van der Waals surface area (Å²) in [5, 5.41) is 6.65. The van der Waals surface area contributed by atoms with Crippen LogP contribution in [0.25, 0.3) is 11.3 Å². The van der Waals surface area contributed by atoms with Gasteiger partial charge in [-0.25, -0.2) is 9.37 Å². The second-order valence-corrected chi connectivity index (χ2v) is 20.0. The SMILES string of the molecule is COC[C@@H]1NC(=O)[C@H](C)N(Cc2ccc(Cl)cc2Oc2ccc(-c3cnc(CN4CCCC4)n3C)cc2)C(=O)C[C@@H](Cc2cccc(F)c2)C(=O)N(C)[C@@H](C)CNC(=O)C[C@H](Cc2ccc(Cl)cc2)N(C)C1=O. The van der Waals surface area contributed by atoms with Gasteiger partial charge in [0, 0.05) is 80.9 Å². The summed E-state index contributed by atoms with van der Waals surface area (Å²) in [7, 11) is 6.57. The lowest BCUT2D eigenvalue weighted by atomic mass is 9.93. The Balaban J connectivity index is 1.21. The van der Waals surface area contributed by atoms with Gasteiger partial charge in [0.2, 0.25) is 29.5 Å². The molecule has 5 atom stereocenters. The van der Waals surface area contributed by atoms with Crippen molar-refractivity contribution >= 4 is 52.7 Å². The lowest BCUT2D eigenvalue weighted by Crippen LogP contribution is -2.57. The van der Waals surface area contributed by atoms with Crippen LogP contribution in [-0.2, 0) is 61.7 Å². The third-order valence-electron chi connectivity index (χ3n) is 14.0. The van der Waals surface area contributed by atoms with Crippen molar-refractivity contribution in [1.29, 1.82) is 0 Å². The number of imidazole rings is 1. The fourth-order valence-electron chi connectivity index (χ4n) is 9.36. The van der Waals surface area contributed by atoms with Crippen molar-refractivity contribution in [3.05, 3.63) is 136 Å². The van der Waals surface area contributed by atoms with E-state index in [2.05, 4.69) is 20.1 Å². The number of aromatic nitrogens is 2. The van der Waals surface area contributed by atoms with Crippen LogP contribution in [0.4, 0.5) is 4.39 Å². The number of nitrogens with one attached hydrogen (secondary N) is 2. The minimum atomic E-state index is -1.24. The number of carbonyl (C=O) groups is 5. The first-order valence-electron chi connectivity index (χ1n) is 24.6. The summed E-state index contributed by atoms with van der Waals surface area (Å²) in [6.07, 6.45) is 4.03. The number of nitrogens with zero attached hydrogens (tertiary/aromatic N) is 6. The number of hydrogen-bond acceptors (Lipinski definition) is 9. The molecule has 2 fully saturated rings. The molecule has 0 bridgehead atoms. The monoisotopic (exact) mass is 1040 g/mol. The summed E-state index contributed by atoms with van der Waals surface area (Å²) >= 11 is 12.8. The van der Waals surface area contributed by atoms with Crippen molar-refractivity contribution in [1.82, 2.24) is 39.8 Å². The maximum Gasteiger partial charge on any atom is 0.247 e. The highest BCUT2D eigenvalue weighted by atomic mass is 35.5. The first kappa shape index (κ1) is 54.4. The van der Waals surface area contributed by atoms with Gasteiger partial charge in [0.05, 0.1) is 37.5 Å². The molecular formula is C55H65Cl2FN8O7. The fourth-order valence-corrected chi connectivity index (χ4v) is 9.64. The number of carbonyl (C=O) groups excluding carboxylic acids is 5. The van der Waals surface area contributed by atoms with Gasteiger partial charge in [0.25, 0.3) is 0 Å². The molecule has 0 spiro atoms. The second kappa shape index (κ2) is 25.1. The number of hydrogen-bond donors (Lipinski definition) is 2. The van der Waals surface area contributed by atoms with Crippen LogP contribution < -0.4 is 15.4 Å². The molecule has 7 rings (SSSR count). The second-order valence-electron chi connectivity index (χ2n) is 19.2. The number of methoxy groups -OCH3 is 1. The van der Waals surface area contributed by atoms with E-state index >= 15 is 4.79 Å². The molecule has 5 amide bonds. The Morgan fingerprint density at radius 2 is 1.49 bits per heavy atom. The van der Waals surface area contributed by atoms with E-state index in [4.69, 9.17) is 37.7 Å². The number of halogens is 3. The summed E-state index contributed by atoms with van der Waals surface area (Å²) in [5.41, 5.74) is 3.69. The van der Waals surface area contributed by atoms with E-state index in [-0.39, 0.29) is 51.3 Å². The molecule has 3 heterocycles. The molecule has 0 saturated carbocycles. The topological polar surface area (TPSA) is 159 Å². The quantitative estimate of drug-likeness (QED) is 0.122. The van der Waals surface area contributed by atoms with E-state index in [9.17, 15) is 23.6 Å². The third kappa shape index (κ3) is 14.3. The fraction of sp³-hybridized carbons (Fsp3) is 0.418. The molecule has 2 aliphatic rings. The average Bonchev–Trinajstić information content (AvgIpc) is 4.03. The van der Waals surface area contributed by atoms with Crippen molar-refractivity contribution in [2.45, 2.75) is 89.6 Å². The molecule has 0 radical (unpaired) electrons. The van der Waals surface area contributed by atoms with E-state index in [1.165, 1.54) is 52.9 Å². The molecule has 0 unspecified atom stereocenters. The molecule has 1 aromatic heterocycles. The van der Waals surface area contributed by atoms with Gasteiger partial charge in [-0.1, -0.05) is 53.5 Å². The van der Waals surface area contributed by atoms with Crippen LogP contribution in [0.2, 0.25) is 10.0 Å². The van der Waals surface area contributed by atoms with Crippen LogP contribution in [-0.4, -0.2) is 130 Å². The van der Waals surface area contributed by atoms with Crippen LogP contribution in [0.1, 0.15) is 62.0 Å². The van der Waals surface area contributed by atoms with Crippen molar-refractivity contribution < 1.29 is 37.8 Å². The van der Waals surface area contributed by atoms with Crippen molar-refractivity contribution in [3.8, 4) is 22.8 Å². The Kier molecular flexibility index (Phi) is 18.7. The molecular weight excluding hydrogens is 975 g/mol. The summed E-state index contributed by atoms with van der Waals surface area (Å²) in [4.78, 5) is 83.8. The number of amides is 5. The zero-order valence-corrected chi connectivity index (χ0v) is 43.8. The Morgan fingerprint density at radius 1 is 0.781 bits per heavy atom. The normalized spacial score (nSPS) is 21.2. The van der Waals surface area contributed by atoms with Crippen LogP contribution in [0.15, 0.2) is 97.2 Å². The number of rotatable bonds is 13. The molecule has 5 aromatic rings. The molecule has 15 nitrogen and oxygen atoms in total. The van der Waals surface area contributed by atoms with E-state index in [0.717, 1.165) is 42.3 Å². The van der Waals surface area contributed by atoms with E-state index in [1.807, 2.05) is 49.6 Å². The highest BCUT2D eigenvalue weighted by molar-refractivity contribution is 6.31.